The summed E-state index contributed by atoms with van der Waals surface area (Å²) in [5.74, 6) is -1.27. The molecule has 1 N–H and O–H groups in total. The maximum absolute atomic E-state index is 11.9. The molecule has 0 radical (unpaired) electrons. The van der Waals surface area contributed by atoms with Crippen molar-refractivity contribution in [1.29, 1.82) is 0 Å². The van der Waals surface area contributed by atoms with Crippen molar-refractivity contribution in [3.05, 3.63) is 64.7 Å². The van der Waals surface area contributed by atoms with Crippen molar-refractivity contribution >= 4 is 23.4 Å². The Labute approximate surface area is 120 Å². The van der Waals surface area contributed by atoms with Crippen LogP contribution in [0.15, 0.2) is 48.5 Å². The van der Waals surface area contributed by atoms with Crippen LogP contribution in [0.5, 0.6) is 5.75 Å². The Morgan fingerprint density at radius 2 is 1.80 bits per heavy atom. The third kappa shape index (κ3) is 3.36. The first-order valence-corrected chi connectivity index (χ1v) is 6.19. The minimum absolute atomic E-state index is 0.0710. The van der Waals surface area contributed by atoms with Gasteiger partial charge in [0.2, 0.25) is 0 Å². The number of carboxylic acid groups (broad SMARTS) is 1. The molecule has 0 spiro atoms. The normalized spacial score (nSPS) is 10.1. The highest BCUT2D eigenvalue weighted by atomic mass is 35.5. The molecule has 4 nitrogen and oxygen atoms in total. The third-order valence-electron chi connectivity index (χ3n) is 2.63. The van der Waals surface area contributed by atoms with Crippen LogP contribution in [0.2, 0.25) is 5.02 Å². The molecule has 0 saturated carbocycles. The second-order valence-corrected chi connectivity index (χ2v) is 4.46. The molecule has 2 rings (SSSR count). The molecule has 102 valence electrons. The van der Waals surface area contributed by atoms with Crippen LogP contribution < -0.4 is 4.74 Å². The van der Waals surface area contributed by atoms with Gasteiger partial charge in [0.15, 0.2) is 12.4 Å². The lowest BCUT2D eigenvalue weighted by Gasteiger charge is -2.08. The first kappa shape index (κ1) is 14.1. The number of aromatic carboxylic acids is 1. The number of halogens is 1. The topological polar surface area (TPSA) is 63.6 Å². The summed E-state index contributed by atoms with van der Waals surface area (Å²) in [5, 5.41) is 9.34. The van der Waals surface area contributed by atoms with Gasteiger partial charge < -0.3 is 9.84 Å². The summed E-state index contributed by atoms with van der Waals surface area (Å²) in [6, 6.07) is 12.9. The van der Waals surface area contributed by atoms with Gasteiger partial charge in [-0.25, -0.2) is 4.79 Å². The Balaban J connectivity index is 2.12. The second kappa shape index (κ2) is 6.21. The fraction of sp³-hybridized carbons (Fsp3) is 0.0667. The van der Waals surface area contributed by atoms with E-state index in [1.807, 2.05) is 0 Å². The lowest BCUT2D eigenvalue weighted by molar-refractivity contribution is 0.0689. The highest BCUT2D eigenvalue weighted by molar-refractivity contribution is 6.31. The van der Waals surface area contributed by atoms with E-state index in [1.165, 1.54) is 18.2 Å². The molecule has 2 aromatic rings. The van der Waals surface area contributed by atoms with Crippen LogP contribution in [0.1, 0.15) is 20.7 Å². The molecule has 5 heteroatoms. The maximum atomic E-state index is 11.9. The molecule has 0 amide bonds. The van der Waals surface area contributed by atoms with E-state index < -0.39 is 5.97 Å². The number of carbonyl (C=O) groups is 2. The van der Waals surface area contributed by atoms with E-state index in [9.17, 15) is 9.59 Å². The molecule has 0 aliphatic carbocycles. The first-order valence-electron chi connectivity index (χ1n) is 5.82. The van der Waals surface area contributed by atoms with E-state index in [2.05, 4.69) is 0 Å². The lowest BCUT2D eigenvalue weighted by Crippen LogP contribution is -2.13. The van der Waals surface area contributed by atoms with E-state index in [0.717, 1.165) is 0 Å². The average molecular weight is 291 g/mol. The van der Waals surface area contributed by atoms with Gasteiger partial charge in [-0.05, 0) is 18.2 Å². The van der Waals surface area contributed by atoms with Gasteiger partial charge in [-0.1, -0.05) is 41.9 Å². The molecular formula is C15H11ClO4. The van der Waals surface area contributed by atoms with Crippen LogP contribution in [-0.4, -0.2) is 23.5 Å². The number of hydrogen-bond acceptors (Lipinski definition) is 3. The largest absolute Gasteiger partial charge is 0.485 e. The molecule has 0 bridgehead atoms. The van der Waals surface area contributed by atoms with Crippen LogP contribution in [-0.2, 0) is 0 Å². The molecule has 0 unspecified atom stereocenters. The predicted molar refractivity (Wildman–Crippen MR) is 74.7 cm³/mol. The molecular weight excluding hydrogens is 280 g/mol. The SMILES string of the molecule is O=C(COc1ccc(Cl)cc1C(=O)O)c1ccccc1. The van der Waals surface area contributed by atoms with E-state index in [1.54, 1.807) is 30.3 Å². The third-order valence-corrected chi connectivity index (χ3v) is 2.86. The van der Waals surface area contributed by atoms with E-state index in [-0.39, 0.29) is 23.7 Å². The molecule has 2 aromatic carbocycles. The number of rotatable bonds is 5. The average Bonchev–Trinajstić information content (AvgIpc) is 2.46. The monoisotopic (exact) mass is 290 g/mol. The van der Waals surface area contributed by atoms with Gasteiger partial charge in [0.1, 0.15) is 11.3 Å². The minimum Gasteiger partial charge on any atom is -0.485 e. The zero-order valence-corrected chi connectivity index (χ0v) is 11.1. The molecule has 0 fully saturated rings. The number of Topliss-reactive ketones (excluding diaryl/α,β-unsaturated/α-hetero) is 1. The minimum atomic E-state index is -1.16. The molecule has 0 aliphatic heterocycles. The summed E-state index contributed by atoms with van der Waals surface area (Å²) in [6.07, 6.45) is 0. The molecule has 0 aliphatic rings. The Kier molecular flexibility index (Phi) is 4.38. The number of benzene rings is 2. The van der Waals surface area contributed by atoms with Gasteiger partial charge in [-0.2, -0.15) is 0 Å². The van der Waals surface area contributed by atoms with Crippen molar-refractivity contribution in [2.24, 2.45) is 0 Å². The van der Waals surface area contributed by atoms with E-state index in [4.69, 9.17) is 21.4 Å². The standard InChI is InChI=1S/C15H11ClO4/c16-11-6-7-14(12(8-11)15(18)19)20-9-13(17)10-4-2-1-3-5-10/h1-8H,9H2,(H,18,19). The van der Waals surface area contributed by atoms with Crippen molar-refractivity contribution in [2.75, 3.05) is 6.61 Å². The van der Waals surface area contributed by atoms with Crippen molar-refractivity contribution in [1.82, 2.24) is 0 Å². The van der Waals surface area contributed by atoms with Crippen LogP contribution in [0, 0.1) is 0 Å². The quantitative estimate of drug-likeness (QED) is 0.858. The number of carboxylic acids is 1. The first-order chi connectivity index (χ1) is 9.58. The summed E-state index contributed by atoms with van der Waals surface area (Å²) in [4.78, 5) is 22.9. The molecule has 20 heavy (non-hydrogen) atoms. The number of ketones is 1. The molecule has 0 atom stereocenters. The Morgan fingerprint density at radius 1 is 1.10 bits per heavy atom. The van der Waals surface area contributed by atoms with Crippen molar-refractivity contribution in [3.63, 3.8) is 0 Å². The summed E-state index contributed by atoms with van der Waals surface area (Å²) in [6.45, 7) is -0.230. The fourth-order valence-electron chi connectivity index (χ4n) is 1.65. The van der Waals surface area contributed by atoms with Gasteiger partial charge in [0, 0.05) is 10.6 Å². The summed E-state index contributed by atoms with van der Waals surface area (Å²) in [7, 11) is 0. The van der Waals surface area contributed by atoms with E-state index >= 15 is 0 Å². The smallest absolute Gasteiger partial charge is 0.339 e. The van der Waals surface area contributed by atoms with Gasteiger partial charge in [-0.3, -0.25) is 4.79 Å². The predicted octanol–water partition coefficient (Wildman–Crippen LogP) is 3.30. The van der Waals surface area contributed by atoms with Gasteiger partial charge >= 0.3 is 5.97 Å². The van der Waals surface area contributed by atoms with Crippen LogP contribution in [0.25, 0.3) is 0 Å². The lowest BCUT2D eigenvalue weighted by atomic mass is 10.1. The summed E-state index contributed by atoms with van der Waals surface area (Å²) < 4.78 is 5.28. The van der Waals surface area contributed by atoms with Crippen molar-refractivity contribution in [3.8, 4) is 5.75 Å². The number of ether oxygens (including phenoxy) is 1. The van der Waals surface area contributed by atoms with Gasteiger partial charge in [0.05, 0.1) is 0 Å². The van der Waals surface area contributed by atoms with Gasteiger partial charge in [-0.15, -0.1) is 0 Å². The Hall–Kier alpha value is -2.33. The molecule has 0 heterocycles. The van der Waals surface area contributed by atoms with Crippen LogP contribution >= 0.6 is 11.6 Å². The van der Waals surface area contributed by atoms with Crippen molar-refractivity contribution < 1.29 is 19.4 Å². The zero-order chi connectivity index (χ0) is 14.5. The van der Waals surface area contributed by atoms with Crippen LogP contribution in [0.4, 0.5) is 0 Å². The number of hydrogen-bond donors (Lipinski definition) is 1. The number of carbonyl (C=O) groups excluding carboxylic acids is 1. The Bertz CT molecular complexity index is 638. The van der Waals surface area contributed by atoms with Crippen LogP contribution in [0.3, 0.4) is 0 Å². The summed E-state index contributed by atoms with van der Waals surface area (Å²) in [5.41, 5.74) is 0.441. The van der Waals surface area contributed by atoms with E-state index in [0.29, 0.717) is 10.6 Å². The fourth-order valence-corrected chi connectivity index (χ4v) is 1.82. The van der Waals surface area contributed by atoms with Crippen molar-refractivity contribution in [2.45, 2.75) is 0 Å². The highest BCUT2D eigenvalue weighted by Crippen LogP contribution is 2.23. The second-order valence-electron chi connectivity index (χ2n) is 4.02. The summed E-state index contributed by atoms with van der Waals surface area (Å²) >= 11 is 5.73. The zero-order valence-electron chi connectivity index (χ0n) is 10.4. The maximum Gasteiger partial charge on any atom is 0.339 e. The van der Waals surface area contributed by atoms with Gasteiger partial charge in [0.25, 0.3) is 0 Å². The Morgan fingerprint density at radius 3 is 2.45 bits per heavy atom. The molecule has 0 saturated heterocycles. The molecule has 0 aromatic heterocycles. The highest BCUT2D eigenvalue weighted by Gasteiger charge is 2.14.